The number of anilines is 1. The molecule has 0 aromatic heterocycles. The van der Waals surface area contributed by atoms with E-state index in [4.69, 9.17) is 10.5 Å². The number of nitrogens with two attached hydrogens (primary N) is 1. The topological polar surface area (TPSA) is 62.9 Å². The van der Waals surface area contributed by atoms with E-state index in [9.17, 15) is 0 Å². The van der Waals surface area contributed by atoms with Gasteiger partial charge in [-0.15, -0.1) is 24.0 Å². The van der Waals surface area contributed by atoms with Crippen molar-refractivity contribution >= 4 is 35.6 Å². The summed E-state index contributed by atoms with van der Waals surface area (Å²) in [7, 11) is 0. The first-order valence-corrected chi connectivity index (χ1v) is 7.75. The Kier molecular flexibility index (Phi) is 9.22. The van der Waals surface area contributed by atoms with Crippen molar-refractivity contribution in [3.8, 4) is 0 Å². The van der Waals surface area contributed by atoms with E-state index < -0.39 is 0 Å². The number of nitrogens with zero attached hydrogens (tertiary/aromatic N) is 2. The van der Waals surface area contributed by atoms with Crippen molar-refractivity contribution in [3.05, 3.63) is 29.8 Å². The largest absolute Gasteiger partial charge is 0.378 e. The molecule has 0 spiro atoms. The maximum atomic E-state index is 5.90. The Balaban J connectivity index is 0.00000242. The Morgan fingerprint density at radius 3 is 2.77 bits per heavy atom. The lowest BCUT2D eigenvalue weighted by Gasteiger charge is -2.30. The highest BCUT2D eigenvalue weighted by molar-refractivity contribution is 14.0. The number of rotatable bonds is 6. The van der Waals surface area contributed by atoms with Crippen LogP contribution >= 0.6 is 24.0 Å². The second-order valence-corrected chi connectivity index (χ2v) is 5.21. The molecule has 1 heterocycles. The Morgan fingerprint density at radius 1 is 1.32 bits per heavy atom. The van der Waals surface area contributed by atoms with Gasteiger partial charge in [0.15, 0.2) is 5.96 Å². The summed E-state index contributed by atoms with van der Waals surface area (Å²) >= 11 is 0. The highest BCUT2D eigenvalue weighted by Crippen LogP contribution is 2.22. The third-order valence-electron chi connectivity index (χ3n) is 3.60. The van der Waals surface area contributed by atoms with E-state index in [-0.39, 0.29) is 24.0 Å². The number of guanidine groups is 1. The number of unbranched alkanes of at least 4 members (excludes halogenated alkanes) is 1. The second-order valence-electron chi connectivity index (χ2n) is 5.21. The van der Waals surface area contributed by atoms with Crippen molar-refractivity contribution < 1.29 is 4.74 Å². The highest BCUT2D eigenvalue weighted by Gasteiger charge is 2.13. The monoisotopic (exact) mass is 418 g/mol. The smallest absolute Gasteiger partial charge is 0.188 e. The fourth-order valence-corrected chi connectivity index (χ4v) is 2.38. The minimum absolute atomic E-state index is 0. The minimum atomic E-state index is 0. The number of aliphatic imine (C=N–C) groups is 1. The van der Waals surface area contributed by atoms with Gasteiger partial charge in [0.05, 0.1) is 19.8 Å². The summed E-state index contributed by atoms with van der Waals surface area (Å²) in [5.41, 5.74) is 8.35. The Hall–Kier alpha value is -1.02. The first-order valence-electron chi connectivity index (χ1n) is 7.75. The number of benzene rings is 1. The average Bonchev–Trinajstić information content (AvgIpc) is 2.54. The maximum Gasteiger partial charge on any atom is 0.188 e. The molecular weight excluding hydrogens is 391 g/mol. The number of morpholine rings is 1. The summed E-state index contributed by atoms with van der Waals surface area (Å²) in [5.74, 6) is 0.528. The van der Waals surface area contributed by atoms with Crippen LogP contribution in [0.15, 0.2) is 29.3 Å². The molecule has 0 atom stereocenters. The van der Waals surface area contributed by atoms with Crippen LogP contribution in [0.2, 0.25) is 0 Å². The first-order chi connectivity index (χ1) is 10.3. The quantitative estimate of drug-likeness (QED) is 0.322. The van der Waals surface area contributed by atoms with Gasteiger partial charge in [0.2, 0.25) is 0 Å². The van der Waals surface area contributed by atoms with Crippen LogP contribution in [0, 0.1) is 0 Å². The van der Waals surface area contributed by atoms with E-state index in [1.807, 2.05) is 0 Å². The van der Waals surface area contributed by atoms with Crippen LogP contribution in [0.1, 0.15) is 25.3 Å². The van der Waals surface area contributed by atoms with Crippen LogP contribution in [0.5, 0.6) is 0 Å². The normalized spacial score (nSPS) is 15.3. The molecule has 0 unspecified atom stereocenters. The van der Waals surface area contributed by atoms with Crippen molar-refractivity contribution in [3.63, 3.8) is 0 Å². The van der Waals surface area contributed by atoms with Gasteiger partial charge in [0, 0.05) is 25.3 Å². The predicted molar refractivity (Wildman–Crippen MR) is 103 cm³/mol. The summed E-state index contributed by atoms with van der Waals surface area (Å²) in [6.45, 7) is 7.11. The lowest BCUT2D eigenvalue weighted by molar-refractivity contribution is 0.122. The number of halogens is 1. The molecule has 22 heavy (non-hydrogen) atoms. The number of hydrogen-bond donors (Lipinski definition) is 2. The van der Waals surface area contributed by atoms with Gasteiger partial charge in [0.1, 0.15) is 0 Å². The molecule has 0 bridgehead atoms. The highest BCUT2D eigenvalue weighted by atomic mass is 127. The predicted octanol–water partition coefficient (Wildman–Crippen LogP) is 2.35. The van der Waals surface area contributed by atoms with Gasteiger partial charge < -0.3 is 20.7 Å². The molecule has 1 fully saturated rings. The van der Waals surface area contributed by atoms with Crippen LogP contribution in [0.4, 0.5) is 5.69 Å². The summed E-state index contributed by atoms with van der Waals surface area (Å²) in [4.78, 5) is 6.80. The lowest BCUT2D eigenvalue weighted by atomic mass is 10.1. The number of nitrogens with one attached hydrogen (secondary N) is 1. The van der Waals surface area contributed by atoms with E-state index in [0.717, 1.165) is 45.7 Å². The SMILES string of the molecule is CCCCNC(N)=NCc1ccccc1N1CCOCC1.I. The molecule has 1 saturated heterocycles. The van der Waals surface area contributed by atoms with Crippen LogP contribution < -0.4 is 16.0 Å². The van der Waals surface area contributed by atoms with Crippen LogP contribution in [-0.4, -0.2) is 38.8 Å². The zero-order chi connectivity index (χ0) is 14.9. The Morgan fingerprint density at radius 2 is 2.05 bits per heavy atom. The molecule has 6 heteroatoms. The lowest BCUT2D eigenvalue weighted by Crippen LogP contribution is -2.36. The van der Waals surface area contributed by atoms with E-state index in [0.29, 0.717) is 12.5 Å². The van der Waals surface area contributed by atoms with Crippen molar-refractivity contribution in [1.82, 2.24) is 5.32 Å². The molecule has 1 aliphatic heterocycles. The van der Waals surface area contributed by atoms with E-state index >= 15 is 0 Å². The first kappa shape index (κ1) is 19.0. The van der Waals surface area contributed by atoms with E-state index in [1.54, 1.807) is 0 Å². The van der Waals surface area contributed by atoms with Gasteiger partial charge in [-0.25, -0.2) is 4.99 Å². The van der Waals surface area contributed by atoms with Gasteiger partial charge in [0.25, 0.3) is 0 Å². The van der Waals surface area contributed by atoms with Crippen LogP contribution in [-0.2, 0) is 11.3 Å². The molecule has 2 rings (SSSR count). The van der Waals surface area contributed by atoms with Gasteiger partial charge in [-0.05, 0) is 18.1 Å². The zero-order valence-electron chi connectivity index (χ0n) is 13.3. The molecule has 1 aliphatic rings. The fourth-order valence-electron chi connectivity index (χ4n) is 2.38. The summed E-state index contributed by atoms with van der Waals surface area (Å²) < 4.78 is 5.41. The summed E-state index contributed by atoms with van der Waals surface area (Å²) in [5, 5.41) is 3.15. The van der Waals surface area contributed by atoms with Gasteiger partial charge in [-0.2, -0.15) is 0 Å². The molecule has 5 nitrogen and oxygen atoms in total. The molecular formula is C16H27IN4O. The van der Waals surface area contributed by atoms with Gasteiger partial charge in [-0.1, -0.05) is 31.5 Å². The molecule has 0 radical (unpaired) electrons. The molecule has 1 aromatic carbocycles. The van der Waals surface area contributed by atoms with Crippen molar-refractivity contribution in [2.24, 2.45) is 10.7 Å². The van der Waals surface area contributed by atoms with Crippen LogP contribution in [0.3, 0.4) is 0 Å². The zero-order valence-corrected chi connectivity index (χ0v) is 15.6. The third kappa shape index (κ3) is 6.00. The molecule has 0 saturated carbocycles. The number of hydrogen-bond acceptors (Lipinski definition) is 3. The molecule has 1 aromatic rings. The van der Waals surface area contributed by atoms with E-state index in [2.05, 4.69) is 46.4 Å². The average molecular weight is 418 g/mol. The Labute approximate surface area is 150 Å². The fraction of sp³-hybridized carbons (Fsp3) is 0.562. The maximum absolute atomic E-state index is 5.90. The third-order valence-corrected chi connectivity index (χ3v) is 3.60. The second kappa shape index (κ2) is 10.7. The minimum Gasteiger partial charge on any atom is -0.378 e. The molecule has 124 valence electrons. The van der Waals surface area contributed by atoms with E-state index in [1.165, 1.54) is 11.3 Å². The summed E-state index contributed by atoms with van der Waals surface area (Å²) in [6.07, 6.45) is 2.26. The number of para-hydroxylation sites is 1. The Bertz CT molecular complexity index is 461. The van der Waals surface area contributed by atoms with Crippen molar-refractivity contribution in [2.75, 3.05) is 37.7 Å². The summed E-state index contributed by atoms with van der Waals surface area (Å²) in [6, 6.07) is 8.39. The van der Waals surface area contributed by atoms with Gasteiger partial charge in [-0.3, -0.25) is 0 Å². The molecule has 3 N–H and O–H groups in total. The standard InChI is InChI=1S/C16H26N4O.HI/c1-2-3-8-18-16(17)19-13-14-6-4-5-7-15(14)20-9-11-21-12-10-20;/h4-7H,2-3,8-13H2,1H3,(H3,17,18,19);1H. The van der Waals surface area contributed by atoms with Gasteiger partial charge >= 0.3 is 0 Å². The molecule has 0 aliphatic carbocycles. The van der Waals surface area contributed by atoms with Crippen molar-refractivity contribution in [2.45, 2.75) is 26.3 Å². The van der Waals surface area contributed by atoms with Crippen LogP contribution in [0.25, 0.3) is 0 Å². The molecule has 0 amide bonds. The number of ether oxygens (including phenoxy) is 1. The van der Waals surface area contributed by atoms with Crippen molar-refractivity contribution in [1.29, 1.82) is 0 Å².